The number of hydrogen-bond donors (Lipinski definition) is 0. The standard InChI is InChI=1S/C27H38N4O3/c1-3-34-27(33)25-26(32)31(24-14-10-9-13-23(24)28-25)20-15-21-17-29(2)18-22(16-20)30(21)19-11-7-5-4-6-8-12-19/h9-10,13-14,19-22H,3-8,11-12,15-18H2,1-2H3/t20-,21-,22+. The molecular weight excluding hydrogens is 428 g/mol. The van der Waals surface area contributed by atoms with E-state index in [1.807, 2.05) is 28.8 Å². The Morgan fingerprint density at radius 1 is 0.971 bits per heavy atom. The summed E-state index contributed by atoms with van der Waals surface area (Å²) in [5, 5.41) is 0. The molecule has 3 atom stereocenters. The summed E-state index contributed by atoms with van der Waals surface area (Å²) in [4.78, 5) is 35.9. The van der Waals surface area contributed by atoms with Gasteiger partial charge >= 0.3 is 5.97 Å². The molecule has 3 heterocycles. The number of carbonyl (C=O) groups excluding carboxylic acids is 1. The third-order valence-electron chi connectivity index (χ3n) is 8.10. The summed E-state index contributed by atoms with van der Waals surface area (Å²) >= 11 is 0. The number of fused-ring (bicyclic) bond motifs is 3. The van der Waals surface area contributed by atoms with E-state index in [0.29, 0.717) is 23.6 Å². The van der Waals surface area contributed by atoms with Crippen LogP contribution in [0, 0.1) is 0 Å². The number of hydrogen-bond acceptors (Lipinski definition) is 6. The van der Waals surface area contributed by atoms with E-state index >= 15 is 0 Å². The van der Waals surface area contributed by atoms with Crippen molar-refractivity contribution in [1.82, 2.24) is 19.4 Å². The fourth-order valence-corrected chi connectivity index (χ4v) is 6.79. The number of piperidine rings is 1. The van der Waals surface area contributed by atoms with Crippen molar-refractivity contribution in [3.63, 3.8) is 0 Å². The van der Waals surface area contributed by atoms with E-state index in [-0.39, 0.29) is 23.9 Å². The van der Waals surface area contributed by atoms with Crippen LogP contribution in [0.1, 0.15) is 81.2 Å². The normalized spacial score (nSPS) is 27.3. The van der Waals surface area contributed by atoms with Crippen molar-refractivity contribution >= 4 is 17.0 Å². The van der Waals surface area contributed by atoms with Crippen molar-refractivity contribution in [3.05, 3.63) is 40.3 Å². The average molecular weight is 467 g/mol. The first-order chi connectivity index (χ1) is 16.6. The number of piperazine rings is 1. The number of rotatable bonds is 4. The molecule has 3 fully saturated rings. The van der Waals surface area contributed by atoms with Gasteiger partial charge in [0, 0.05) is 37.3 Å². The predicted molar refractivity (Wildman–Crippen MR) is 133 cm³/mol. The van der Waals surface area contributed by atoms with Crippen LogP contribution in [0.4, 0.5) is 0 Å². The highest BCUT2D eigenvalue weighted by Gasteiger charge is 2.44. The van der Waals surface area contributed by atoms with Crippen molar-refractivity contribution in [2.75, 3.05) is 26.7 Å². The minimum absolute atomic E-state index is 0.0575. The van der Waals surface area contributed by atoms with Crippen LogP contribution >= 0.6 is 0 Å². The summed E-state index contributed by atoms with van der Waals surface area (Å²) in [6.45, 7) is 4.04. The number of nitrogens with zero attached hydrogens (tertiary/aromatic N) is 4. The maximum atomic E-state index is 13.6. The lowest BCUT2D eigenvalue weighted by Crippen LogP contribution is -2.64. The molecule has 0 radical (unpaired) electrons. The van der Waals surface area contributed by atoms with Gasteiger partial charge in [-0.25, -0.2) is 9.78 Å². The molecule has 184 valence electrons. The van der Waals surface area contributed by atoms with E-state index in [1.165, 1.54) is 44.9 Å². The molecule has 0 spiro atoms. The van der Waals surface area contributed by atoms with E-state index in [4.69, 9.17) is 4.74 Å². The van der Waals surface area contributed by atoms with Gasteiger partial charge in [-0.15, -0.1) is 0 Å². The molecule has 1 aromatic heterocycles. The summed E-state index contributed by atoms with van der Waals surface area (Å²) in [6.07, 6.45) is 11.2. The summed E-state index contributed by atoms with van der Waals surface area (Å²) in [6, 6.07) is 9.26. The molecule has 2 bridgehead atoms. The van der Waals surface area contributed by atoms with Crippen molar-refractivity contribution in [2.45, 2.75) is 88.9 Å². The molecule has 0 unspecified atom stereocenters. The van der Waals surface area contributed by atoms with Gasteiger partial charge in [-0.2, -0.15) is 0 Å². The summed E-state index contributed by atoms with van der Waals surface area (Å²) < 4.78 is 7.05. The molecule has 1 saturated carbocycles. The van der Waals surface area contributed by atoms with Gasteiger partial charge < -0.3 is 14.2 Å². The number of aromatic nitrogens is 2. The fourth-order valence-electron chi connectivity index (χ4n) is 6.79. The minimum Gasteiger partial charge on any atom is -0.461 e. The van der Waals surface area contributed by atoms with Crippen molar-refractivity contribution in [3.8, 4) is 0 Å². The van der Waals surface area contributed by atoms with Crippen LogP contribution < -0.4 is 5.56 Å². The number of carbonyl (C=O) groups is 1. The summed E-state index contributed by atoms with van der Waals surface area (Å²) in [7, 11) is 2.22. The Balaban J connectivity index is 1.51. The molecule has 7 nitrogen and oxygen atoms in total. The third kappa shape index (κ3) is 4.52. The number of likely N-dealkylation sites (tertiary alicyclic amines) is 1. The van der Waals surface area contributed by atoms with Crippen LogP contribution in [0.3, 0.4) is 0 Å². The highest BCUT2D eigenvalue weighted by molar-refractivity contribution is 5.89. The van der Waals surface area contributed by atoms with E-state index in [9.17, 15) is 9.59 Å². The minimum atomic E-state index is -0.626. The van der Waals surface area contributed by atoms with E-state index < -0.39 is 5.97 Å². The van der Waals surface area contributed by atoms with Crippen LogP contribution in [-0.4, -0.2) is 70.2 Å². The zero-order chi connectivity index (χ0) is 23.7. The first kappa shape index (κ1) is 23.5. The van der Waals surface area contributed by atoms with Crippen LogP contribution in [0.25, 0.3) is 11.0 Å². The Kier molecular flexibility index (Phi) is 7.02. The van der Waals surface area contributed by atoms with Crippen molar-refractivity contribution < 1.29 is 9.53 Å². The number of likely N-dealkylation sites (N-methyl/N-ethyl adjacent to an activating group) is 1. The predicted octanol–water partition coefficient (Wildman–Crippen LogP) is 4.01. The summed E-state index contributed by atoms with van der Waals surface area (Å²) in [5.74, 6) is -0.626. The van der Waals surface area contributed by atoms with Crippen molar-refractivity contribution in [1.29, 1.82) is 0 Å². The van der Waals surface area contributed by atoms with Gasteiger partial charge in [-0.1, -0.05) is 44.2 Å². The molecule has 2 aromatic rings. The highest BCUT2D eigenvalue weighted by Crippen LogP contribution is 2.39. The molecule has 1 aliphatic carbocycles. The fraction of sp³-hybridized carbons (Fsp3) is 0.667. The molecule has 0 N–H and O–H groups in total. The maximum absolute atomic E-state index is 13.6. The highest BCUT2D eigenvalue weighted by atomic mass is 16.5. The van der Waals surface area contributed by atoms with Gasteiger partial charge in [0.2, 0.25) is 5.69 Å². The smallest absolute Gasteiger partial charge is 0.362 e. The molecular formula is C27H38N4O3. The molecule has 5 rings (SSSR count). The first-order valence-electron chi connectivity index (χ1n) is 13.2. The molecule has 34 heavy (non-hydrogen) atoms. The van der Waals surface area contributed by atoms with Crippen LogP contribution in [0.2, 0.25) is 0 Å². The first-order valence-corrected chi connectivity index (χ1v) is 13.2. The van der Waals surface area contributed by atoms with Gasteiger partial charge in [0.1, 0.15) is 0 Å². The van der Waals surface area contributed by atoms with Gasteiger partial charge in [0.25, 0.3) is 5.56 Å². The molecule has 2 saturated heterocycles. The summed E-state index contributed by atoms with van der Waals surface area (Å²) in [5.41, 5.74) is 1.09. The Morgan fingerprint density at radius 2 is 1.62 bits per heavy atom. The number of para-hydroxylation sites is 2. The second-order valence-electron chi connectivity index (χ2n) is 10.4. The average Bonchev–Trinajstić information content (AvgIpc) is 2.78. The topological polar surface area (TPSA) is 67.7 Å². The van der Waals surface area contributed by atoms with E-state index in [2.05, 4.69) is 21.8 Å². The number of benzene rings is 1. The van der Waals surface area contributed by atoms with Crippen LogP contribution in [-0.2, 0) is 4.74 Å². The van der Waals surface area contributed by atoms with Gasteiger partial charge in [-0.05, 0) is 51.8 Å². The van der Waals surface area contributed by atoms with Crippen molar-refractivity contribution in [2.24, 2.45) is 0 Å². The SMILES string of the molecule is CCOC(=O)c1nc2ccccc2n([C@@H]2C[C@@H]3CN(C)C[C@H](C2)N3C2CCCCCCC2)c1=O. The lowest BCUT2D eigenvalue weighted by atomic mass is 9.83. The van der Waals surface area contributed by atoms with E-state index in [0.717, 1.165) is 31.4 Å². The Hall–Kier alpha value is -2.25. The largest absolute Gasteiger partial charge is 0.461 e. The van der Waals surface area contributed by atoms with Gasteiger partial charge in [0.05, 0.1) is 17.6 Å². The second-order valence-corrected chi connectivity index (χ2v) is 10.4. The van der Waals surface area contributed by atoms with E-state index in [1.54, 1.807) is 6.92 Å². The Labute approximate surface area is 202 Å². The molecule has 1 aromatic carbocycles. The zero-order valence-electron chi connectivity index (χ0n) is 20.6. The van der Waals surface area contributed by atoms with Gasteiger partial charge in [0.15, 0.2) is 0 Å². The van der Waals surface area contributed by atoms with Gasteiger partial charge in [-0.3, -0.25) is 9.69 Å². The number of ether oxygens (including phenoxy) is 1. The zero-order valence-corrected chi connectivity index (χ0v) is 20.6. The molecule has 3 aliphatic rings. The molecule has 2 aliphatic heterocycles. The molecule has 0 amide bonds. The molecule has 7 heteroatoms. The monoisotopic (exact) mass is 466 g/mol. The van der Waals surface area contributed by atoms with Crippen LogP contribution in [0.5, 0.6) is 0 Å². The third-order valence-corrected chi connectivity index (χ3v) is 8.10. The Morgan fingerprint density at radius 3 is 2.29 bits per heavy atom. The van der Waals surface area contributed by atoms with Crippen LogP contribution in [0.15, 0.2) is 29.1 Å². The maximum Gasteiger partial charge on any atom is 0.362 e. The quantitative estimate of drug-likeness (QED) is 0.635. The lowest BCUT2D eigenvalue weighted by molar-refractivity contribution is -0.0512. The Bertz CT molecular complexity index is 1060. The number of esters is 1. The lowest BCUT2D eigenvalue weighted by Gasteiger charge is -2.55. The second kappa shape index (κ2) is 10.2.